The lowest BCUT2D eigenvalue weighted by Crippen LogP contribution is -2.20. The van der Waals surface area contributed by atoms with Gasteiger partial charge in [-0.05, 0) is 36.2 Å². The van der Waals surface area contributed by atoms with Crippen molar-refractivity contribution in [2.45, 2.75) is 13.0 Å². The number of hydrogen-bond donors (Lipinski definition) is 2. The molecule has 0 radical (unpaired) electrons. The molecule has 0 bridgehead atoms. The fourth-order valence-electron chi connectivity index (χ4n) is 1.98. The average molecular weight is 266 g/mol. The Morgan fingerprint density at radius 3 is 2.50 bits per heavy atom. The van der Waals surface area contributed by atoms with Crippen LogP contribution in [0.2, 0.25) is 0 Å². The summed E-state index contributed by atoms with van der Waals surface area (Å²) in [5.41, 5.74) is 2.76. The third-order valence-corrected chi connectivity index (χ3v) is 3.04. The molecule has 100 valence electrons. The number of carboxylic acid groups (broad SMARTS) is 1. The molecule has 20 heavy (non-hydrogen) atoms. The van der Waals surface area contributed by atoms with Crippen molar-refractivity contribution in [3.63, 3.8) is 0 Å². The zero-order chi connectivity index (χ0) is 14.5. The van der Waals surface area contributed by atoms with Crippen LogP contribution in [0.15, 0.2) is 48.5 Å². The van der Waals surface area contributed by atoms with E-state index in [1.54, 1.807) is 42.5 Å². The number of hydrogen-bond acceptors (Lipinski definition) is 3. The lowest BCUT2D eigenvalue weighted by Gasteiger charge is -2.16. The van der Waals surface area contributed by atoms with Crippen molar-refractivity contribution in [2.24, 2.45) is 0 Å². The highest BCUT2D eigenvalue weighted by atomic mass is 16.4. The van der Waals surface area contributed by atoms with Gasteiger partial charge in [-0.2, -0.15) is 5.26 Å². The predicted molar refractivity (Wildman–Crippen MR) is 76.3 cm³/mol. The molecule has 0 aliphatic carbocycles. The normalized spacial score (nSPS) is 11.4. The van der Waals surface area contributed by atoms with Gasteiger partial charge in [-0.25, -0.2) is 4.79 Å². The number of aryl methyl sites for hydroxylation is 1. The molecular weight excluding hydrogens is 252 g/mol. The minimum absolute atomic E-state index is 0.585. The van der Waals surface area contributed by atoms with Gasteiger partial charge in [-0.3, -0.25) is 0 Å². The number of carboxylic acids is 1. The zero-order valence-corrected chi connectivity index (χ0v) is 11.0. The predicted octanol–water partition coefficient (Wildman–Crippen LogP) is 3.10. The molecule has 1 atom stereocenters. The molecular formula is C16H14N2O2. The summed E-state index contributed by atoms with van der Waals surface area (Å²) in [6.45, 7) is 1.82. The second-order valence-electron chi connectivity index (χ2n) is 4.47. The van der Waals surface area contributed by atoms with E-state index >= 15 is 0 Å². The first-order chi connectivity index (χ1) is 9.61. The summed E-state index contributed by atoms with van der Waals surface area (Å²) in [4.78, 5) is 11.4. The minimum Gasteiger partial charge on any atom is -0.479 e. The third-order valence-electron chi connectivity index (χ3n) is 3.04. The van der Waals surface area contributed by atoms with Crippen molar-refractivity contribution in [3.05, 3.63) is 65.2 Å². The lowest BCUT2D eigenvalue weighted by atomic mass is 10.1. The van der Waals surface area contributed by atoms with E-state index in [1.807, 2.05) is 13.0 Å². The maximum atomic E-state index is 11.4. The molecule has 2 aromatic carbocycles. The molecule has 0 aliphatic heterocycles. The summed E-state index contributed by atoms with van der Waals surface area (Å²) in [5, 5.41) is 21.2. The van der Waals surface area contributed by atoms with Gasteiger partial charge in [-0.1, -0.05) is 30.3 Å². The average Bonchev–Trinajstić information content (AvgIpc) is 2.45. The molecule has 0 fully saturated rings. The van der Waals surface area contributed by atoms with Gasteiger partial charge < -0.3 is 10.4 Å². The molecule has 0 heterocycles. The Bertz CT molecular complexity index is 660. The van der Waals surface area contributed by atoms with E-state index in [4.69, 9.17) is 5.26 Å². The molecule has 4 nitrogen and oxygen atoms in total. The molecule has 2 rings (SSSR count). The van der Waals surface area contributed by atoms with E-state index in [1.165, 1.54) is 0 Å². The van der Waals surface area contributed by atoms with Gasteiger partial charge in [0.1, 0.15) is 0 Å². The quantitative estimate of drug-likeness (QED) is 0.891. The zero-order valence-electron chi connectivity index (χ0n) is 11.0. The van der Waals surface area contributed by atoms with E-state index in [0.717, 1.165) is 5.56 Å². The van der Waals surface area contributed by atoms with Gasteiger partial charge in [0.2, 0.25) is 0 Å². The lowest BCUT2D eigenvalue weighted by molar-refractivity contribution is -0.138. The maximum absolute atomic E-state index is 11.4. The maximum Gasteiger partial charge on any atom is 0.330 e. The number of rotatable bonds is 4. The number of nitriles is 1. The first-order valence-corrected chi connectivity index (χ1v) is 6.17. The second-order valence-corrected chi connectivity index (χ2v) is 4.47. The van der Waals surface area contributed by atoms with E-state index in [0.29, 0.717) is 16.8 Å². The summed E-state index contributed by atoms with van der Waals surface area (Å²) < 4.78 is 0. The van der Waals surface area contributed by atoms with Crippen LogP contribution in [0.25, 0.3) is 0 Å². The van der Waals surface area contributed by atoms with Crippen LogP contribution in [0.4, 0.5) is 5.69 Å². The van der Waals surface area contributed by atoms with Gasteiger partial charge in [0, 0.05) is 5.69 Å². The Balaban J connectivity index is 2.28. The topological polar surface area (TPSA) is 73.1 Å². The molecule has 0 saturated heterocycles. The molecule has 1 unspecified atom stereocenters. The Morgan fingerprint density at radius 1 is 1.25 bits per heavy atom. The molecule has 0 amide bonds. The van der Waals surface area contributed by atoms with Crippen molar-refractivity contribution in [1.29, 1.82) is 5.26 Å². The Hall–Kier alpha value is -2.80. The SMILES string of the molecule is Cc1cc(NC(C(=O)O)c2ccccc2)ccc1C#N. The smallest absolute Gasteiger partial charge is 0.330 e. The Morgan fingerprint density at radius 2 is 1.95 bits per heavy atom. The van der Waals surface area contributed by atoms with E-state index in [-0.39, 0.29) is 0 Å². The second kappa shape index (κ2) is 5.89. The van der Waals surface area contributed by atoms with Gasteiger partial charge in [0.05, 0.1) is 11.6 Å². The van der Waals surface area contributed by atoms with Crippen molar-refractivity contribution in [3.8, 4) is 6.07 Å². The van der Waals surface area contributed by atoms with Crippen LogP contribution >= 0.6 is 0 Å². The van der Waals surface area contributed by atoms with Crippen LogP contribution in [0, 0.1) is 18.3 Å². The number of aliphatic carboxylic acids is 1. The molecule has 0 spiro atoms. The highest BCUT2D eigenvalue weighted by molar-refractivity contribution is 5.79. The van der Waals surface area contributed by atoms with Crippen molar-refractivity contribution < 1.29 is 9.90 Å². The van der Waals surface area contributed by atoms with Crippen LogP contribution in [0.5, 0.6) is 0 Å². The minimum atomic E-state index is -0.946. The fraction of sp³-hybridized carbons (Fsp3) is 0.125. The van der Waals surface area contributed by atoms with Gasteiger partial charge in [0.25, 0.3) is 0 Å². The summed E-state index contributed by atoms with van der Waals surface area (Å²) in [6, 6.07) is 15.4. The summed E-state index contributed by atoms with van der Waals surface area (Å²) >= 11 is 0. The van der Waals surface area contributed by atoms with Crippen LogP contribution < -0.4 is 5.32 Å². The molecule has 2 N–H and O–H groups in total. The van der Waals surface area contributed by atoms with E-state index in [9.17, 15) is 9.90 Å². The number of carbonyl (C=O) groups is 1. The monoisotopic (exact) mass is 266 g/mol. The first-order valence-electron chi connectivity index (χ1n) is 6.17. The fourth-order valence-corrected chi connectivity index (χ4v) is 1.98. The molecule has 2 aromatic rings. The standard InChI is InChI=1S/C16H14N2O2/c1-11-9-14(8-7-13(11)10-17)18-15(16(19)20)12-5-3-2-4-6-12/h2-9,15,18H,1H3,(H,19,20). The van der Waals surface area contributed by atoms with E-state index < -0.39 is 12.0 Å². The number of benzene rings is 2. The summed E-state index contributed by atoms with van der Waals surface area (Å²) in [5.74, 6) is -0.946. The Labute approximate surface area is 117 Å². The third kappa shape index (κ3) is 2.96. The van der Waals surface area contributed by atoms with Gasteiger partial charge in [-0.15, -0.1) is 0 Å². The van der Waals surface area contributed by atoms with Gasteiger partial charge >= 0.3 is 5.97 Å². The molecule has 0 saturated carbocycles. The van der Waals surface area contributed by atoms with Crippen molar-refractivity contribution >= 4 is 11.7 Å². The van der Waals surface area contributed by atoms with E-state index in [2.05, 4.69) is 11.4 Å². The van der Waals surface area contributed by atoms with Crippen LogP contribution in [-0.4, -0.2) is 11.1 Å². The molecule has 0 aliphatic rings. The number of nitrogens with one attached hydrogen (secondary N) is 1. The summed E-state index contributed by atoms with van der Waals surface area (Å²) in [6.07, 6.45) is 0. The highest BCUT2D eigenvalue weighted by Crippen LogP contribution is 2.22. The van der Waals surface area contributed by atoms with Crippen LogP contribution in [-0.2, 0) is 4.79 Å². The molecule has 0 aromatic heterocycles. The number of nitrogens with zero attached hydrogens (tertiary/aromatic N) is 1. The van der Waals surface area contributed by atoms with Crippen molar-refractivity contribution in [2.75, 3.05) is 5.32 Å². The molecule has 4 heteroatoms. The van der Waals surface area contributed by atoms with Crippen LogP contribution in [0.1, 0.15) is 22.7 Å². The van der Waals surface area contributed by atoms with Gasteiger partial charge in [0.15, 0.2) is 6.04 Å². The highest BCUT2D eigenvalue weighted by Gasteiger charge is 2.19. The largest absolute Gasteiger partial charge is 0.479 e. The van der Waals surface area contributed by atoms with Crippen LogP contribution in [0.3, 0.4) is 0 Å². The number of anilines is 1. The first kappa shape index (κ1) is 13.6. The Kier molecular flexibility index (Phi) is 4.02. The van der Waals surface area contributed by atoms with Crippen molar-refractivity contribution in [1.82, 2.24) is 0 Å². The summed E-state index contributed by atoms with van der Waals surface area (Å²) in [7, 11) is 0.